The van der Waals surface area contributed by atoms with Crippen LogP contribution in [0.1, 0.15) is 0 Å². The maximum absolute atomic E-state index is 5.71. The number of anilines is 1. The standard InChI is InChI=1S/C16H17N5O2/c1-22-14-9-5-6-10-15(14)23-12-11-17-16-18-19-20-21(16)13-7-3-2-4-8-13/h2-10H,11-12H2,1H3,(H,17,18,20). The summed E-state index contributed by atoms with van der Waals surface area (Å²) < 4.78 is 12.6. The molecule has 0 saturated heterocycles. The van der Waals surface area contributed by atoms with Crippen molar-refractivity contribution in [3.63, 3.8) is 0 Å². The van der Waals surface area contributed by atoms with E-state index in [4.69, 9.17) is 9.47 Å². The number of rotatable bonds is 7. The van der Waals surface area contributed by atoms with Crippen molar-refractivity contribution in [1.82, 2.24) is 20.2 Å². The van der Waals surface area contributed by atoms with Gasteiger partial charge in [-0.1, -0.05) is 35.4 Å². The summed E-state index contributed by atoms with van der Waals surface area (Å²) in [5.74, 6) is 1.99. The molecule has 2 aromatic carbocycles. The summed E-state index contributed by atoms with van der Waals surface area (Å²) in [5, 5.41) is 14.8. The Kier molecular flexibility index (Phi) is 4.68. The molecule has 0 amide bonds. The van der Waals surface area contributed by atoms with Crippen LogP contribution < -0.4 is 14.8 Å². The molecule has 0 bridgehead atoms. The zero-order valence-corrected chi connectivity index (χ0v) is 12.7. The number of tetrazole rings is 1. The number of hydrogen-bond acceptors (Lipinski definition) is 6. The van der Waals surface area contributed by atoms with E-state index in [9.17, 15) is 0 Å². The van der Waals surface area contributed by atoms with Gasteiger partial charge in [0.15, 0.2) is 11.5 Å². The minimum absolute atomic E-state index is 0.460. The van der Waals surface area contributed by atoms with E-state index in [0.717, 1.165) is 5.69 Å². The van der Waals surface area contributed by atoms with Crippen LogP contribution in [-0.2, 0) is 0 Å². The molecule has 7 nitrogen and oxygen atoms in total. The molecular weight excluding hydrogens is 294 g/mol. The summed E-state index contributed by atoms with van der Waals surface area (Å²) in [4.78, 5) is 0. The van der Waals surface area contributed by atoms with E-state index in [2.05, 4.69) is 20.8 Å². The fourth-order valence-electron chi connectivity index (χ4n) is 2.10. The van der Waals surface area contributed by atoms with Crippen LogP contribution in [0.3, 0.4) is 0 Å². The lowest BCUT2D eigenvalue weighted by Crippen LogP contribution is -2.15. The second kappa shape index (κ2) is 7.26. The molecule has 0 aliphatic heterocycles. The molecule has 0 unspecified atom stereocenters. The van der Waals surface area contributed by atoms with Gasteiger partial charge in [-0.05, 0) is 34.7 Å². The summed E-state index contributed by atoms with van der Waals surface area (Å²) in [6.45, 7) is 1.02. The molecule has 0 aliphatic rings. The fourth-order valence-corrected chi connectivity index (χ4v) is 2.10. The van der Waals surface area contributed by atoms with Crippen molar-refractivity contribution in [1.29, 1.82) is 0 Å². The minimum Gasteiger partial charge on any atom is -0.493 e. The quantitative estimate of drug-likeness (QED) is 0.674. The van der Waals surface area contributed by atoms with E-state index in [0.29, 0.717) is 30.6 Å². The molecule has 1 N–H and O–H groups in total. The highest BCUT2D eigenvalue weighted by Gasteiger charge is 2.07. The normalized spacial score (nSPS) is 10.3. The Morgan fingerprint density at radius 2 is 1.74 bits per heavy atom. The molecule has 1 aromatic heterocycles. The third-order valence-corrected chi connectivity index (χ3v) is 3.18. The zero-order valence-electron chi connectivity index (χ0n) is 12.7. The number of nitrogens with one attached hydrogen (secondary N) is 1. The minimum atomic E-state index is 0.460. The monoisotopic (exact) mass is 311 g/mol. The van der Waals surface area contributed by atoms with Crippen molar-refractivity contribution < 1.29 is 9.47 Å². The number of nitrogens with zero attached hydrogens (tertiary/aromatic N) is 4. The number of methoxy groups -OCH3 is 1. The van der Waals surface area contributed by atoms with Crippen LogP contribution >= 0.6 is 0 Å². The van der Waals surface area contributed by atoms with Crippen LogP contribution in [0.2, 0.25) is 0 Å². The van der Waals surface area contributed by atoms with Gasteiger partial charge in [-0.2, -0.15) is 4.68 Å². The topological polar surface area (TPSA) is 74.1 Å². The summed E-state index contributed by atoms with van der Waals surface area (Å²) in [7, 11) is 1.62. The van der Waals surface area contributed by atoms with Crippen LogP contribution in [0.25, 0.3) is 5.69 Å². The van der Waals surface area contributed by atoms with Gasteiger partial charge < -0.3 is 14.8 Å². The Balaban J connectivity index is 1.57. The molecule has 3 rings (SSSR count). The lowest BCUT2D eigenvalue weighted by molar-refractivity contribution is 0.305. The van der Waals surface area contributed by atoms with E-state index in [1.54, 1.807) is 11.8 Å². The Bertz CT molecular complexity index is 745. The number of hydrogen-bond donors (Lipinski definition) is 1. The Morgan fingerprint density at radius 3 is 2.52 bits per heavy atom. The molecule has 0 fully saturated rings. The molecule has 7 heteroatoms. The summed E-state index contributed by atoms with van der Waals surface area (Å²) in [6, 6.07) is 17.2. The van der Waals surface area contributed by atoms with Crippen LogP contribution in [0.15, 0.2) is 54.6 Å². The molecule has 0 radical (unpaired) electrons. The van der Waals surface area contributed by atoms with Crippen molar-refractivity contribution in [2.45, 2.75) is 0 Å². The van der Waals surface area contributed by atoms with Crippen LogP contribution in [-0.4, -0.2) is 40.5 Å². The van der Waals surface area contributed by atoms with Gasteiger partial charge in [0, 0.05) is 0 Å². The highest BCUT2D eigenvalue weighted by Crippen LogP contribution is 2.25. The van der Waals surface area contributed by atoms with E-state index >= 15 is 0 Å². The van der Waals surface area contributed by atoms with Crippen molar-refractivity contribution in [3.8, 4) is 17.2 Å². The lowest BCUT2D eigenvalue weighted by atomic mass is 10.3. The third kappa shape index (κ3) is 3.57. The van der Waals surface area contributed by atoms with Crippen LogP contribution in [0.5, 0.6) is 11.5 Å². The molecule has 0 saturated carbocycles. The maximum atomic E-state index is 5.71. The summed E-state index contributed by atoms with van der Waals surface area (Å²) in [6.07, 6.45) is 0. The Morgan fingerprint density at radius 1 is 1.00 bits per heavy atom. The highest BCUT2D eigenvalue weighted by molar-refractivity contribution is 5.40. The zero-order chi connectivity index (χ0) is 15.9. The predicted molar refractivity (Wildman–Crippen MR) is 86.1 cm³/mol. The molecule has 118 valence electrons. The van der Waals surface area contributed by atoms with Gasteiger partial charge >= 0.3 is 0 Å². The first-order chi connectivity index (χ1) is 11.4. The summed E-state index contributed by atoms with van der Waals surface area (Å²) >= 11 is 0. The molecular formula is C16H17N5O2. The first kappa shape index (κ1) is 14.8. The van der Waals surface area contributed by atoms with Gasteiger partial charge in [0.1, 0.15) is 6.61 Å². The van der Waals surface area contributed by atoms with E-state index in [1.165, 1.54) is 0 Å². The first-order valence-corrected chi connectivity index (χ1v) is 7.22. The highest BCUT2D eigenvalue weighted by atomic mass is 16.5. The van der Waals surface area contributed by atoms with Gasteiger partial charge in [0.2, 0.25) is 5.95 Å². The van der Waals surface area contributed by atoms with Gasteiger partial charge in [0.25, 0.3) is 0 Å². The van der Waals surface area contributed by atoms with Gasteiger partial charge in [-0.15, -0.1) is 0 Å². The van der Waals surface area contributed by atoms with Crippen LogP contribution in [0, 0.1) is 0 Å². The molecule has 0 aliphatic carbocycles. The second-order valence-corrected chi connectivity index (χ2v) is 4.68. The first-order valence-electron chi connectivity index (χ1n) is 7.22. The molecule has 3 aromatic rings. The van der Waals surface area contributed by atoms with E-state index in [1.807, 2.05) is 54.6 Å². The van der Waals surface area contributed by atoms with Gasteiger partial charge in [-0.25, -0.2) is 0 Å². The average Bonchev–Trinajstić information content (AvgIpc) is 3.08. The number of ether oxygens (including phenoxy) is 2. The SMILES string of the molecule is COc1ccccc1OCCNc1nnnn1-c1ccccc1. The van der Waals surface area contributed by atoms with Crippen molar-refractivity contribution in [2.24, 2.45) is 0 Å². The molecule has 1 heterocycles. The molecule has 23 heavy (non-hydrogen) atoms. The van der Waals surface area contributed by atoms with Gasteiger partial charge in [-0.3, -0.25) is 0 Å². The lowest BCUT2D eigenvalue weighted by Gasteiger charge is -2.11. The number of para-hydroxylation sites is 3. The largest absolute Gasteiger partial charge is 0.493 e. The number of benzene rings is 2. The van der Waals surface area contributed by atoms with Crippen molar-refractivity contribution >= 4 is 5.95 Å². The van der Waals surface area contributed by atoms with Crippen LogP contribution in [0.4, 0.5) is 5.95 Å². The second-order valence-electron chi connectivity index (χ2n) is 4.68. The predicted octanol–water partition coefficient (Wildman–Crippen LogP) is 2.16. The van der Waals surface area contributed by atoms with Gasteiger partial charge in [0.05, 0.1) is 19.3 Å². The average molecular weight is 311 g/mol. The Hall–Kier alpha value is -3.09. The summed E-state index contributed by atoms with van der Waals surface area (Å²) in [5.41, 5.74) is 0.894. The van der Waals surface area contributed by atoms with E-state index < -0.39 is 0 Å². The molecule has 0 atom stereocenters. The number of aromatic nitrogens is 4. The smallest absolute Gasteiger partial charge is 0.247 e. The maximum Gasteiger partial charge on any atom is 0.247 e. The fraction of sp³-hybridized carbons (Fsp3) is 0.188. The molecule has 0 spiro atoms. The van der Waals surface area contributed by atoms with Crippen molar-refractivity contribution in [2.75, 3.05) is 25.6 Å². The third-order valence-electron chi connectivity index (χ3n) is 3.18. The van der Waals surface area contributed by atoms with E-state index in [-0.39, 0.29) is 0 Å². The Labute approximate surface area is 133 Å². The van der Waals surface area contributed by atoms with Crippen molar-refractivity contribution in [3.05, 3.63) is 54.6 Å².